The van der Waals surface area contributed by atoms with Crippen LogP contribution in [0.5, 0.6) is 0 Å². The Morgan fingerprint density at radius 2 is 1.58 bits per heavy atom. The van der Waals surface area contributed by atoms with Crippen molar-refractivity contribution < 1.29 is 9.59 Å². The van der Waals surface area contributed by atoms with Gasteiger partial charge in [-0.05, 0) is 43.0 Å². The molecule has 6 nitrogen and oxygen atoms in total. The van der Waals surface area contributed by atoms with Crippen LogP contribution in [0.4, 0.5) is 11.4 Å². The highest BCUT2D eigenvalue weighted by molar-refractivity contribution is 6.01. The molecule has 2 aliphatic rings. The van der Waals surface area contributed by atoms with Crippen molar-refractivity contribution in [2.75, 3.05) is 49.9 Å². The molecule has 6 heteroatoms. The lowest BCUT2D eigenvalue weighted by Crippen LogP contribution is -2.50. The van der Waals surface area contributed by atoms with Crippen molar-refractivity contribution in [2.45, 2.75) is 32.1 Å². The van der Waals surface area contributed by atoms with Gasteiger partial charge in [-0.3, -0.25) is 9.59 Å². The largest absolute Gasteiger partial charge is 0.399 e. The Balaban J connectivity index is 1.46. The van der Waals surface area contributed by atoms with Gasteiger partial charge in [0.15, 0.2) is 0 Å². The summed E-state index contributed by atoms with van der Waals surface area (Å²) in [6, 6.07) is 15.6. The number of likely N-dealkylation sites (tertiary alicyclic amines) is 1. The van der Waals surface area contributed by atoms with Crippen molar-refractivity contribution in [1.29, 1.82) is 0 Å². The molecule has 2 fully saturated rings. The molecule has 0 bridgehead atoms. The van der Waals surface area contributed by atoms with Gasteiger partial charge in [0.05, 0.1) is 11.5 Å². The monoisotopic (exact) mass is 420 g/mol. The predicted octanol–water partition coefficient (Wildman–Crippen LogP) is 3.35. The number of hydrogen-bond donors (Lipinski definition) is 1. The minimum absolute atomic E-state index is 0.0634. The Morgan fingerprint density at radius 3 is 2.23 bits per heavy atom. The molecule has 0 radical (unpaired) electrons. The molecule has 2 saturated heterocycles. The fourth-order valence-electron chi connectivity index (χ4n) is 4.72. The SMILES string of the molecule is CCC(C(=O)N1CCN(c2ccc(N)cc2C(=O)N2CCCC2)CC1)c1ccccc1. The van der Waals surface area contributed by atoms with Crippen LogP contribution < -0.4 is 10.6 Å². The van der Waals surface area contributed by atoms with Gasteiger partial charge in [-0.2, -0.15) is 0 Å². The first-order valence-electron chi connectivity index (χ1n) is 11.4. The Morgan fingerprint density at radius 1 is 0.903 bits per heavy atom. The minimum Gasteiger partial charge on any atom is -0.399 e. The summed E-state index contributed by atoms with van der Waals surface area (Å²) in [5.74, 6) is 0.157. The number of carbonyl (C=O) groups excluding carboxylic acids is 2. The Kier molecular flexibility index (Phi) is 6.44. The molecule has 2 N–H and O–H groups in total. The molecular weight excluding hydrogens is 388 g/mol. The second-order valence-corrected chi connectivity index (χ2v) is 8.46. The summed E-state index contributed by atoms with van der Waals surface area (Å²) in [7, 11) is 0. The highest BCUT2D eigenvalue weighted by atomic mass is 16.2. The third-order valence-corrected chi connectivity index (χ3v) is 6.48. The average Bonchev–Trinajstić information content (AvgIpc) is 3.35. The summed E-state index contributed by atoms with van der Waals surface area (Å²) in [6.45, 7) is 6.42. The number of carbonyl (C=O) groups is 2. The van der Waals surface area contributed by atoms with E-state index >= 15 is 0 Å². The number of nitrogens with two attached hydrogens (primary N) is 1. The van der Waals surface area contributed by atoms with E-state index in [1.165, 1.54) is 0 Å². The summed E-state index contributed by atoms with van der Waals surface area (Å²) in [5.41, 5.74) is 9.30. The van der Waals surface area contributed by atoms with Crippen molar-refractivity contribution in [2.24, 2.45) is 0 Å². The van der Waals surface area contributed by atoms with Crippen molar-refractivity contribution >= 4 is 23.2 Å². The molecule has 0 spiro atoms. The van der Waals surface area contributed by atoms with Crippen LogP contribution in [-0.4, -0.2) is 60.9 Å². The molecule has 1 atom stereocenters. The molecule has 31 heavy (non-hydrogen) atoms. The van der Waals surface area contributed by atoms with Gasteiger partial charge in [-0.15, -0.1) is 0 Å². The standard InChI is InChI=1S/C25H32N4O2/c1-2-21(19-8-4-3-5-9-19)24(30)29-16-14-27(15-17-29)23-11-10-20(26)18-22(23)25(31)28-12-6-7-13-28/h3-5,8-11,18,21H,2,6-7,12-17,26H2,1H3. The van der Waals surface area contributed by atoms with Crippen LogP contribution in [0.3, 0.4) is 0 Å². The molecule has 4 rings (SSSR count). The summed E-state index contributed by atoms with van der Waals surface area (Å²) in [6.07, 6.45) is 2.91. The van der Waals surface area contributed by atoms with Crippen molar-refractivity contribution in [3.8, 4) is 0 Å². The van der Waals surface area contributed by atoms with E-state index in [9.17, 15) is 9.59 Å². The van der Waals surface area contributed by atoms with Gasteiger partial charge in [0.2, 0.25) is 5.91 Å². The summed E-state index contributed by atoms with van der Waals surface area (Å²) in [4.78, 5) is 32.4. The smallest absolute Gasteiger partial charge is 0.256 e. The first-order valence-corrected chi connectivity index (χ1v) is 11.4. The molecule has 2 aromatic rings. The lowest BCUT2D eigenvalue weighted by molar-refractivity contribution is -0.133. The lowest BCUT2D eigenvalue weighted by atomic mass is 9.94. The molecule has 1 unspecified atom stereocenters. The van der Waals surface area contributed by atoms with E-state index < -0.39 is 0 Å². The number of hydrogen-bond acceptors (Lipinski definition) is 4. The first-order chi connectivity index (χ1) is 15.1. The molecule has 0 aliphatic carbocycles. The lowest BCUT2D eigenvalue weighted by Gasteiger charge is -2.38. The Hall–Kier alpha value is -3.02. The van der Waals surface area contributed by atoms with Crippen LogP contribution in [0, 0.1) is 0 Å². The van der Waals surface area contributed by atoms with Gasteiger partial charge in [-0.1, -0.05) is 37.3 Å². The van der Waals surface area contributed by atoms with E-state index in [-0.39, 0.29) is 17.7 Å². The number of rotatable bonds is 5. The molecule has 2 aromatic carbocycles. The molecular formula is C25H32N4O2. The van der Waals surface area contributed by atoms with E-state index in [2.05, 4.69) is 11.8 Å². The highest BCUT2D eigenvalue weighted by Crippen LogP contribution is 2.28. The van der Waals surface area contributed by atoms with Gasteiger partial charge >= 0.3 is 0 Å². The van der Waals surface area contributed by atoms with Gasteiger partial charge in [0.1, 0.15) is 0 Å². The van der Waals surface area contributed by atoms with Gasteiger partial charge in [0, 0.05) is 50.6 Å². The maximum atomic E-state index is 13.2. The Bertz CT molecular complexity index is 916. The molecule has 0 aromatic heterocycles. The van der Waals surface area contributed by atoms with Crippen LogP contribution in [0.2, 0.25) is 0 Å². The quantitative estimate of drug-likeness (QED) is 0.753. The number of nitrogen functional groups attached to an aromatic ring is 1. The summed E-state index contributed by atoms with van der Waals surface area (Å²) >= 11 is 0. The van der Waals surface area contributed by atoms with Crippen molar-refractivity contribution in [3.63, 3.8) is 0 Å². The summed E-state index contributed by atoms with van der Waals surface area (Å²) < 4.78 is 0. The number of benzene rings is 2. The maximum Gasteiger partial charge on any atom is 0.256 e. The molecule has 2 heterocycles. The van der Waals surface area contributed by atoms with Gasteiger partial charge < -0.3 is 20.4 Å². The van der Waals surface area contributed by atoms with Crippen LogP contribution in [0.1, 0.15) is 48.0 Å². The topological polar surface area (TPSA) is 69.9 Å². The van der Waals surface area contributed by atoms with E-state index in [1.54, 1.807) is 6.07 Å². The minimum atomic E-state index is -0.100. The number of piperazine rings is 1. The van der Waals surface area contributed by atoms with E-state index in [4.69, 9.17) is 5.73 Å². The molecule has 2 aliphatic heterocycles. The van der Waals surface area contributed by atoms with Crippen LogP contribution in [0.25, 0.3) is 0 Å². The molecule has 2 amide bonds. The zero-order valence-electron chi connectivity index (χ0n) is 18.3. The number of amides is 2. The fourth-order valence-corrected chi connectivity index (χ4v) is 4.72. The average molecular weight is 421 g/mol. The summed E-state index contributed by atoms with van der Waals surface area (Å²) in [5, 5.41) is 0. The molecule has 0 saturated carbocycles. The first kappa shape index (κ1) is 21.2. The van der Waals surface area contributed by atoms with E-state index in [0.717, 1.165) is 43.6 Å². The second-order valence-electron chi connectivity index (χ2n) is 8.46. The Labute approximate surface area is 184 Å². The molecule has 164 valence electrons. The van der Waals surface area contributed by atoms with Crippen LogP contribution >= 0.6 is 0 Å². The second kappa shape index (κ2) is 9.41. The predicted molar refractivity (Wildman–Crippen MR) is 124 cm³/mol. The zero-order valence-corrected chi connectivity index (χ0v) is 18.3. The highest BCUT2D eigenvalue weighted by Gasteiger charge is 2.30. The van der Waals surface area contributed by atoms with E-state index in [1.807, 2.05) is 52.3 Å². The maximum absolute atomic E-state index is 13.2. The number of anilines is 2. The van der Waals surface area contributed by atoms with Gasteiger partial charge in [-0.25, -0.2) is 0 Å². The third kappa shape index (κ3) is 4.53. The van der Waals surface area contributed by atoms with Crippen LogP contribution in [0.15, 0.2) is 48.5 Å². The zero-order chi connectivity index (χ0) is 21.8. The van der Waals surface area contributed by atoms with Crippen LogP contribution in [-0.2, 0) is 4.79 Å². The number of nitrogens with zero attached hydrogens (tertiary/aromatic N) is 3. The fraction of sp³-hybridized carbons (Fsp3) is 0.440. The van der Waals surface area contributed by atoms with E-state index in [0.29, 0.717) is 37.4 Å². The van der Waals surface area contributed by atoms with Crippen molar-refractivity contribution in [3.05, 3.63) is 59.7 Å². The van der Waals surface area contributed by atoms with Gasteiger partial charge in [0.25, 0.3) is 5.91 Å². The normalized spacial score (nSPS) is 17.6. The third-order valence-electron chi connectivity index (χ3n) is 6.48. The van der Waals surface area contributed by atoms with Crippen molar-refractivity contribution in [1.82, 2.24) is 9.80 Å².